The van der Waals surface area contributed by atoms with Crippen LogP contribution in [0.4, 0.5) is 10.5 Å². The zero-order valence-corrected chi connectivity index (χ0v) is 13.6. The summed E-state index contributed by atoms with van der Waals surface area (Å²) in [6.07, 6.45) is 0.885. The van der Waals surface area contributed by atoms with E-state index in [4.69, 9.17) is 14.2 Å². The molecular weight excluding hydrogens is 312 g/mol. The fraction of sp³-hybridized carbons (Fsp3) is 0.294. The molecule has 0 aliphatic carbocycles. The standard InChI is InChI=1S/C17H20N2O5/c1-3-23-16(20)15-13(11-22-2)14(9-18-15)19-17(21)24-10-12-7-5-4-6-8-12/h4-9,18H,3,10-11H2,1-2H3,(H,19,21). The lowest BCUT2D eigenvalue weighted by Crippen LogP contribution is -2.15. The molecule has 2 rings (SSSR count). The van der Waals surface area contributed by atoms with E-state index in [1.807, 2.05) is 30.3 Å². The smallest absolute Gasteiger partial charge is 0.412 e. The summed E-state index contributed by atoms with van der Waals surface area (Å²) in [5, 5.41) is 2.60. The van der Waals surface area contributed by atoms with Gasteiger partial charge in [0.05, 0.1) is 18.9 Å². The molecule has 0 saturated heterocycles. The van der Waals surface area contributed by atoms with Crippen molar-refractivity contribution in [1.82, 2.24) is 4.98 Å². The van der Waals surface area contributed by atoms with Crippen molar-refractivity contribution in [3.05, 3.63) is 53.3 Å². The number of amides is 1. The Kier molecular flexibility index (Phi) is 6.39. The van der Waals surface area contributed by atoms with Crippen molar-refractivity contribution in [1.29, 1.82) is 0 Å². The van der Waals surface area contributed by atoms with E-state index in [0.717, 1.165) is 5.56 Å². The van der Waals surface area contributed by atoms with Gasteiger partial charge in [-0.15, -0.1) is 0 Å². The summed E-state index contributed by atoms with van der Waals surface area (Å²) in [5.41, 5.74) is 2.05. The van der Waals surface area contributed by atoms with Gasteiger partial charge >= 0.3 is 12.1 Å². The Morgan fingerprint density at radius 3 is 2.54 bits per heavy atom. The predicted octanol–water partition coefficient (Wildman–Crippen LogP) is 3.09. The van der Waals surface area contributed by atoms with Gasteiger partial charge in [0, 0.05) is 18.9 Å². The maximum atomic E-state index is 11.9. The number of H-pyrrole nitrogens is 1. The molecule has 7 nitrogen and oxygen atoms in total. The quantitative estimate of drug-likeness (QED) is 0.761. The SMILES string of the molecule is CCOC(=O)c1[nH]cc(NC(=O)OCc2ccccc2)c1COC. The first kappa shape index (κ1) is 17.6. The zero-order chi connectivity index (χ0) is 17.4. The lowest BCUT2D eigenvalue weighted by atomic mass is 10.2. The highest BCUT2D eigenvalue weighted by Crippen LogP contribution is 2.22. The maximum Gasteiger partial charge on any atom is 0.412 e. The van der Waals surface area contributed by atoms with Crippen LogP contribution >= 0.6 is 0 Å². The molecule has 1 amide bonds. The van der Waals surface area contributed by atoms with Gasteiger partial charge < -0.3 is 19.2 Å². The van der Waals surface area contributed by atoms with Gasteiger partial charge in [-0.1, -0.05) is 30.3 Å². The second kappa shape index (κ2) is 8.73. The number of aromatic nitrogens is 1. The minimum Gasteiger partial charge on any atom is -0.461 e. The van der Waals surface area contributed by atoms with Gasteiger partial charge in [0.25, 0.3) is 0 Å². The highest BCUT2D eigenvalue weighted by molar-refractivity contribution is 5.94. The monoisotopic (exact) mass is 332 g/mol. The Balaban J connectivity index is 2.02. The van der Waals surface area contributed by atoms with Crippen molar-refractivity contribution < 1.29 is 23.8 Å². The molecule has 0 saturated carbocycles. The average Bonchev–Trinajstić information content (AvgIpc) is 2.97. The second-order valence-electron chi connectivity index (χ2n) is 4.90. The normalized spacial score (nSPS) is 10.2. The fourth-order valence-electron chi connectivity index (χ4n) is 2.11. The van der Waals surface area contributed by atoms with Gasteiger partial charge in [-0.2, -0.15) is 0 Å². The van der Waals surface area contributed by atoms with E-state index in [0.29, 0.717) is 11.3 Å². The van der Waals surface area contributed by atoms with E-state index in [1.165, 1.54) is 13.3 Å². The molecule has 128 valence electrons. The van der Waals surface area contributed by atoms with E-state index in [1.54, 1.807) is 6.92 Å². The molecule has 7 heteroatoms. The molecule has 24 heavy (non-hydrogen) atoms. The average molecular weight is 332 g/mol. The van der Waals surface area contributed by atoms with Crippen molar-refractivity contribution in [2.45, 2.75) is 20.1 Å². The Morgan fingerprint density at radius 1 is 1.12 bits per heavy atom. The number of methoxy groups -OCH3 is 1. The summed E-state index contributed by atoms with van der Waals surface area (Å²) in [6, 6.07) is 9.34. The molecule has 0 radical (unpaired) electrons. The van der Waals surface area contributed by atoms with E-state index in [-0.39, 0.29) is 25.5 Å². The first-order chi connectivity index (χ1) is 11.7. The molecule has 0 aliphatic rings. The molecule has 2 aromatic rings. The fourth-order valence-corrected chi connectivity index (χ4v) is 2.11. The molecule has 1 heterocycles. The van der Waals surface area contributed by atoms with E-state index < -0.39 is 12.1 Å². The summed E-state index contributed by atoms with van der Waals surface area (Å²) in [4.78, 5) is 26.6. The molecule has 0 unspecified atom stereocenters. The molecule has 0 bridgehead atoms. The number of hydrogen-bond donors (Lipinski definition) is 2. The van der Waals surface area contributed by atoms with Crippen LogP contribution in [0.25, 0.3) is 0 Å². The highest BCUT2D eigenvalue weighted by Gasteiger charge is 2.20. The third-order valence-corrected chi connectivity index (χ3v) is 3.21. The third kappa shape index (κ3) is 4.60. The largest absolute Gasteiger partial charge is 0.461 e. The van der Waals surface area contributed by atoms with Gasteiger partial charge in [-0.05, 0) is 12.5 Å². The maximum absolute atomic E-state index is 11.9. The van der Waals surface area contributed by atoms with Crippen molar-refractivity contribution in [2.24, 2.45) is 0 Å². The number of ether oxygens (including phenoxy) is 3. The molecule has 2 N–H and O–H groups in total. The predicted molar refractivity (Wildman–Crippen MR) is 87.7 cm³/mol. The molecule has 1 aromatic carbocycles. The van der Waals surface area contributed by atoms with Crippen molar-refractivity contribution >= 4 is 17.7 Å². The van der Waals surface area contributed by atoms with Crippen LogP contribution in [0.5, 0.6) is 0 Å². The number of esters is 1. The second-order valence-corrected chi connectivity index (χ2v) is 4.90. The first-order valence-electron chi connectivity index (χ1n) is 7.49. The Morgan fingerprint density at radius 2 is 1.88 bits per heavy atom. The zero-order valence-electron chi connectivity index (χ0n) is 13.6. The van der Waals surface area contributed by atoms with Crippen LogP contribution in [-0.4, -0.2) is 30.8 Å². The van der Waals surface area contributed by atoms with Gasteiger partial charge in [0.15, 0.2) is 0 Å². The molecule has 0 fully saturated rings. The number of hydrogen-bond acceptors (Lipinski definition) is 5. The lowest BCUT2D eigenvalue weighted by Gasteiger charge is -2.09. The van der Waals surface area contributed by atoms with Gasteiger partial charge in [0.1, 0.15) is 12.3 Å². The molecule has 0 atom stereocenters. The molecular formula is C17H20N2O5. The van der Waals surface area contributed by atoms with Crippen molar-refractivity contribution in [2.75, 3.05) is 19.0 Å². The van der Waals surface area contributed by atoms with Crippen LogP contribution < -0.4 is 5.32 Å². The topological polar surface area (TPSA) is 89.7 Å². The van der Waals surface area contributed by atoms with Gasteiger partial charge in [-0.3, -0.25) is 5.32 Å². The van der Waals surface area contributed by atoms with Gasteiger partial charge in [0.2, 0.25) is 0 Å². The molecule has 1 aromatic heterocycles. The number of carbonyl (C=O) groups excluding carboxylic acids is 2. The number of anilines is 1. The van der Waals surface area contributed by atoms with Crippen molar-refractivity contribution in [3.8, 4) is 0 Å². The van der Waals surface area contributed by atoms with Crippen molar-refractivity contribution in [3.63, 3.8) is 0 Å². The lowest BCUT2D eigenvalue weighted by molar-refractivity contribution is 0.0515. The summed E-state index contributed by atoms with van der Waals surface area (Å²) in [6.45, 7) is 2.27. The summed E-state index contributed by atoms with van der Waals surface area (Å²) in [5.74, 6) is -0.504. The van der Waals surface area contributed by atoms with E-state index >= 15 is 0 Å². The summed E-state index contributed by atoms with van der Waals surface area (Å²) < 4.78 is 15.2. The molecule has 0 aliphatic heterocycles. The van der Waals surface area contributed by atoms with Crippen LogP contribution in [0, 0.1) is 0 Å². The van der Waals surface area contributed by atoms with Crippen LogP contribution in [0.1, 0.15) is 28.5 Å². The number of carbonyl (C=O) groups is 2. The Labute approximate surface area is 139 Å². The minimum absolute atomic E-state index is 0.145. The third-order valence-electron chi connectivity index (χ3n) is 3.21. The first-order valence-corrected chi connectivity index (χ1v) is 7.49. The summed E-state index contributed by atoms with van der Waals surface area (Å²) >= 11 is 0. The number of nitrogens with one attached hydrogen (secondary N) is 2. The van der Waals surface area contributed by atoms with Crippen LogP contribution in [0.15, 0.2) is 36.5 Å². The van der Waals surface area contributed by atoms with E-state index in [2.05, 4.69) is 10.3 Å². The Hall–Kier alpha value is -2.80. The van der Waals surface area contributed by atoms with E-state index in [9.17, 15) is 9.59 Å². The van der Waals surface area contributed by atoms with Gasteiger partial charge in [-0.25, -0.2) is 9.59 Å². The summed E-state index contributed by atoms with van der Waals surface area (Å²) in [7, 11) is 1.50. The number of aromatic amines is 1. The van der Waals surface area contributed by atoms with Crippen LogP contribution in [0.2, 0.25) is 0 Å². The van der Waals surface area contributed by atoms with Crippen LogP contribution in [0.3, 0.4) is 0 Å². The number of benzene rings is 1. The van der Waals surface area contributed by atoms with Crippen LogP contribution in [-0.2, 0) is 27.4 Å². The Bertz CT molecular complexity index is 682. The number of rotatable bonds is 7. The highest BCUT2D eigenvalue weighted by atomic mass is 16.5. The molecule has 0 spiro atoms. The minimum atomic E-state index is -0.620.